The third-order valence-corrected chi connectivity index (χ3v) is 4.86. The predicted octanol–water partition coefficient (Wildman–Crippen LogP) is 0.433. The van der Waals surface area contributed by atoms with Crippen molar-refractivity contribution in [2.24, 2.45) is 5.14 Å². The summed E-state index contributed by atoms with van der Waals surface area (Å²) in [5.74, 6) is -0.267. The molecule has 1 heterocycles. The molecule has 1 fully saturated rings. The molecular formula is C14H21N3O3S. The Morgan fingerprint density at radius 1 is 1.38 bits per heavy atom. The van der Waals surface area contributed by atoms with Crippen molar-refractivity contribution in [3.05, 3.63) is 28.8 Å². The SMILES string of the molecule is Cc1cc(C(=O)N[C@H]2CCCNC2)cc(S(N)(=O)=O)c1C. The van der Waals surface area contributed by atoms with E-state index in [1.54, 1.807) is 19.9 Å². The number of sulfonamides is 1. The van der Waals surface area contributed by atoms with Crippen molar-refractivity contribution in [2.75, 3.05) is 13.1 Å². The van der Waals surface area contributed by atoms with Crippen molar-refractivity contribution in [2.45, 2.75) is 37.6 Å². The van der Waals surface area contributed by atoms with E-state index in [1.165, 1.54) is 6.07 Å². The topological polar surface area (TPSA) is 101 Å². The van der Waals surface area contributed by atoms with Crippen LogP contribution >= 0.6 is 0 Å². The number of carbonyl (C=O) groups excluding carboxylic acids is 1. The quantitative estimate of drug-likeness (QED) is 0.753. The average Bonchev–Trinajstić information content (AvgIpc) is 2.41. The summed E-state index contributed by atoms with van der Waals surface area (Å²) < 4.78 is 23.2. The van der Waals surface area contributed by atoms with E-state index in [4.69, 9.17) is 5.14 Å². The molecule has 0 aromatic heterocycles. The summed E-state index contributed by atoms with van der Waals surface area (Å²) in [5.41, 5.74) is 1.63. The Hall–Kier alpha value is -1.44. The van der Waals surface area contributed by atoms with E-state index >= 15 is 0 Å². The lowest BCUT2D eigenvalue weighted by Gasteiger charge is -2.24. The Bertz CT molecular complexity index is 650. The maximum Gasteiger partial charge on any atom is 0.251 e. The average molecular weight is 311 g/mol. The number of aryl methyl sites for hydroxylation is 1. The fourth-order valence-electron chi connectivity index (χ4n) is 2.50. The van der Waals surface area contributed by atoms with Crippen LogP contribution in [-0.2, 0) is 10.0 Å². The van der Waals surface area contributed by atoms with E-state index in [1.807, 2.05) is 0 Å². The van der Waals surface area contributed by atoms with Gasteiger partial charge in [-0.25, -0.2) is 13.6 Å². The molecule has 1 saturated heterocycles. The molecule has 1 aromatic carbocycles. The molecule has 0 spiro atoms. The largest absolute Gasteiger partial charge is 0.348 e. The standard InChI is InChI=1S/C14H21N3O3S/c1-9-6-11(7-13(10(9)2)21(15,19)20)14(18)17-12-4-3-5-16-8-12/h6-7,12,16H,3-5,8H2,1-2H3,(H,17,18)(H2,15,19,20)/t12-/m0/s1. The first-order valence-corrected chi connectivity index (χ1v) is 8.49. The highest BCUT2D eigenvalue weighted by Gasteiger charge is 2.20. The van der Waals surface area contributed by atoms with Crippen molar-refractivity contribution in [1.29, 1.82) is 0 Å². The molecule has 0 radical (unpaired) electrons. The maximum absolute atomic E-state index is 12.3. The smallest absolute Gasteiger partial charge is 0.251 e. The highest BCUT2D eigenvalue weighted by atomic mass is 32.2. The summed E-state index contributed by atoms with van der Waals surface area (Å²) in [6.45, 7) is 5.15. The molecule has 0 aliphatic carbocycles. The van der Waals surface area contributed by atoms with Crippen LogP contribution in [0, 0.1) is 13.8 Å². The lowest BCUT2D eigenvalue weighted by Crippen LogP contribution is -2.45. The first-order valence-electron chi connectivity index (χ1n) is 6.94. The zero-order valence-electron chi connectivity index (χ0n) is 12.3. The van der Waals surface area contributed by atoms with Gasteiger partial charge in [0.25, 0.3) is 5.91 Å². The van der Waals surface area contributed by atoms with Gasteiger partial charge in [0.2, 0.25) is 10.0 Å². The van der Waals surface area contributed by atoms with Crippen LogP contribution in [0.2, 0.25) is 0 Å². The Balaban J connectivity index is 2.27. The van der Waals surface area contributed by atoms with Crippen molar-refractivity contribution < 1.29 is 13.2 Å². The fraction of sp³-hybridized carbons (Fsp3) is 0.500. The number of hydrogen-bond acceptors (Lipinski definition) is 4. The van der Waals surface area contributed by atoms with E-state index < -0.39 is 10.0 Å². The van der Waals surface area contributed by atoms with E-state index in [9.17, 15) is 13.2 Å². The predicted molar refractivity (Wildman–Crippen MR) is 80.6 cm³/mol. The number of benzene rings is 1. The van der Waals surface area contributed by atoms with E-state index in [0.717, 1.165) is 31.5 Å². The van der Waals surface area contributed by atoms with Crippen LogP contribution in [0.3, 0.4) is 0 Å². The third-order valence-electron chi connectivity index (χ3n) is 3.82. The second-order valence-electron chi connectivity index (χ2n) is 5.48. The number of nitrogens with one attached hydrogen (secondary N) is 2. The third kappa shape index (κ3) is 3.81. The number of piperidine rings is 1. The molecule has 7 heteroatoms. The molecule has 2 rings (SSSR count). The first kappa shape index (κ1) is 15.9. The van der Waals surface area contributed by atoms with Crippen LogP contribution < -0.4 is 15.8 Å². The Kier molecular flexibility index (Phi) is 4.65. The second-order valence-corrected chi connectivity index (χ2v) is 7.01. The van der Waals surface area contributed by atoms with E-state index in [2.05, 4.69) is 10.6 Å². The minimum Gasteiger partial charge on any atom is -0.348 e. The van der Waals surface area contributed by atoms with Crippen molar-refractivity contribution in [1.82, 2.24) is 10.6 Å². The van der Waals surface area contributed by atoms with Gasteiger partial charge in [-0.2, -0.15) is 0 Å². The van der Waals surface area contributed by atoms with Crippen LogP contribution in [0.5, 0.6) is 0 Å². The molecular weight excluding hydrogens is 290 g/mol. The Morgan fingerprint density at radius 3 is 2.67 bits per heavy atom. The van der Waals surface area contributed by atoms with E-state index in [-0.39, 0.29) is 16.8 Å². The van der Waals surface area contributed by atoms with Crippen LogP contribution in [0.15, 0.2) is 17.0 Å². The normalized spacial score (nSPS) is 19.3. The molecule has 4 N–H and O–H groups in total. The number of nitrogens with two attached hydrogens (primary N) is 1. The van der Waals surface area contributed by atoms with Gasteiger partial charge in [-0.05, 0) is 56.5 Å². The summed E-state index contributed by atoms with van der Waals surface area (Å²) in [6, 6.07) is 3.12. The molecule has 6 nitrogen and oxygen atoms in total. The summed E-state index contributed by atoms with van der Waals surface area (Å²) in [6.07, 6.45) is 1.94. The lowest BCUT2D eigenvalue weighted by atomic mass is 10.0. The van der Waals surface area contributed by atoms with Gasteiger partial charge in [-0.1, -0.05) is 0 Å². The highest BCUT2D eigenvalue weighted by Crippen LogP contribution is 2.20. The summed E-state index contributed by atoms with van der Waals surface area (Å²) >= 11 is 0. The van der Waals surface area contributed by atoms with Gasteiger partial charge in [0.15, 0.2) is 0 Å². The monoisotopic (exact) mass is 311 g/mol. The van der Waals surface area contributed by atoms with Gasteiger partial charge in [0, 0.05) is 18.2 Å². The second kappa shape index (κ2) is 6.13. The van der Waals surface area contributed by atoms with Gasteiger partial charge >= 0.3 is 0 Å². The van der Waals surface area contributed by atoms with Crippen LogP contribution in [0.4, 0.5) is 0 Å². The minimum atomic E-state index is -3.84. The summed E-state index contributed by atoms with van der Waals surface area (Å²) in [4.78, 5) is 12.3. The number of hydrogen-bond donors (Lipinski definition) is 3. The molecule has 1 atom stereocenters. The van der Waals surface area contributed by atoms with Gasteiger partial charge in [-0.3, -0.25) is 4.79 Å². The van der Waals surface area contributed by atoms with Crippen molar-refractivity contribution >= 4 is 15.9 Å². The van der Waals surface area contributed by atoms with Crippen LogP contribution in [0.25, 0.3) is 0 Å². The zero-order chi connectivity index (χ0) is 15.6. The van der Waals surface area contributed by atoms with Gasteiger partial charge in [-0.15, -0.1) is 0 Å². The van der Waals surface area contributed by atoms with Gasteiger partial charge in [0.05, 0.1) is 4.90 Å². The summed E-state index contributed by atoms with van der Waals surface area (Å²) in [7, 11) is -3.84. The fourth-order valence-corrected chi connectivity index (χ4v) is 3.38. The molecule has 0 bridgehead atoms. The highest BCUT2D eigenvalue weighted by molar-refractivity contribution is 7.89. The number of amides is 1. The molecule has 21 heavy (non-hydrogen) atoms. The molecule has 116 valence electrons. The molecule has 0 saturated carbocycles. The maximum atomic E-state index is 12.3. The zero-order valence-corrected chi connectivity index (χ0v) is 13.1. The minimum absolute atomic E-state index is 0.00872. The van der Waals surface area contributed by atoms with Crippen molar-refractivity contribution in [3.8, 4) is 0 Å². The number of rotatable bonds is 3. The molecule has 1 aliphatic rings. The lowest BCUT2D eigenvalue weighted by molar-refractivity contribution is 0.0930. The van der Waals surface area contributed by atoms with Crippen LogP contribution in [-0.4, -0.2) is 33.5 Å². The summed E-state index contributed by atoms with van der Waals surface area (Å²) in [5, 5.41) is 11.4. The number of primary sulfonamides is 1. The van der Waals surface area contributed by atoms with E-state index in [0.29, 0.717) is 11.1 Å². The van der Waals surface area contributed by atoms with Crippen molar-refractivity contribution in [3.63, 3.8) is 0 Å². The Morgan fingerprint density at radius 2 is 2.10 bits per heavy atom. The molecule has 1 aliphatic heterocycles. The number of carbonyl (C=O) groups is 1. The molecule has 1 amide bonds. The molecule has 1 aromatic rings. The van der Waals surface area contributed by atoms with Gasteiger partial charge in [0.1, 0.15) is 0 Å². The Labute approximate surface area is 125 Å². The molecule has 0 unspecified atom stereocenters. The van der Waals surface area contributed by atoms with Gasteiger partial charge < -0.3 is 10.6 Å². The first-order chi connectivity index (χ1) is 9.79. The van der Waals surface area contributed by atoms with Crippen LogP contribution in [0.1, 0.15) is 34.3 Å².